The molecule has 2 aromatic rings. The molecule has 2 heterocycles. The number of hydrogen-bond donors (Lipinski definition) is 1. The maximum atomic E-state index is 12.2. The molecule has 1 saturated heterocycles. The molecule has 1 aromatic carbocycles. The normalized spacial score (nSPS) is 18.8. The minimum atomic E-state index is 0.306. The minimum absolute atomic E-state index is 0.306. The lowest BCUT2D eigenvalue weighted by Crippen LogP contribution is -2.11. The number of para-hydroxylation sites is 1. The van der Waals surface area contributed by atoms with Crippen LogP contribution >= 0.6 is 0 Å². The highest BCUT2D eigenvalue weighted by Crippen LogP contribution is 2.20. The number of aromatic nitrogens is 2. The van der Waals surface area contributed by atoms with Crippen molar-refractivity contribution in [3.63, 3.8) is 0 Å². The van der Waals surface area contributed by atoms with Gasteiger partial charge in [0.15, 0.2) is 0 Å². The molecule has 4 heteroatoms. The van der Waals surface area contributed by atoms with E-state index in [4.69, 9.17) is 0 Å². The highest BCUT2D eigenvalue weighted by Gasteiger charge is 2.17. The van der Waals surface area contributed by atoms with Gasteiger partial charge in [-0.1, -0.05) is 18.2 Å². The number of nitrogens with one attached hydrogen (secondary N) is 1. The first kappa shape index (κ1) is 13.3. The van der Waals surface area contributed by atoms with Crippen LogP contribution in [0.1, 0.15) is 25.0 Å². The largest absolute Gasteiger partial charge is 0.316 e. The van der Waals surface area contributed by atoms with Crippen molar-refractivity contribution in [2.75, 3.05) is 13.1 Å². The standard InChI is InChI=1S/C16H21N3O/c1-19-16-5-3-2-4-14(16)15(18-19)10-13(20)7-6-12-8-9-17-11-12/h2-5,12,17H,6-11H2,1H3. The van der Waals surface area contributed by atoms with Crippen molar-refractivity contribution in [3.8, 4) is 0 Å². The molecule has 0 bridgehead atoms. The summed E-state index contributed by atoms with van der Waals surface area (Å²) in [7, 11) is 1.93. The lowest BCUT2D eigenvalue weighted by molar-refractivity contribution is -0.118. The number of Topliss-reactive ketones (excluding diaryl/α,β-unsaturated/α-hetero) is 1. The number of benzene rings is 1. The molecule has 20 heavy (non-hydrogen) atoms. The second-order valence-electron chi connectivity index (χ2n) is 5.70. The summed E-state index contributed by atoms with van der Waals surface area (Å²) in [4.78, 5) is 12.2. The van der Waals surface area contributed by atoms with Crippen molar-refractivity contribution in [3.05, 3.63) is 30.0 Å². The number of aryl methyl sites for hydroxylation is 1. The zero-order chi connectivity index (χ0) is 13.9. The molecule has 0 spiro atoms. The van der Waals surface area contributed by atoms with E-state index in [0.717, 1.165) is 36.1 Å². The monoisotopic (exact) mass is 271 g/mol. The number of rotatable bonds is 5. The second kappa shape index (κ2) is 5.75. The summed E-state index contributed by atoms with van der Waals surface area (Å²) in [6.07, 6.45) is 3.36. The lowest BCUT2D eigenvalue weighted by atomic mass is 9.99. The van der Waals surface area contributed by atoms with Gasteiger partial charge in [0, 0.05) is 18.9 Å². The summed E-state index contributed by atoms with van der Waals surface area (Å²) < 4.78 is 1.86. The van der Waals surface area contributed by atoms with E-state index in [-0.39, 0.29) is 0 Å². The number of fused-ring (bicyclic) bond motifs is 1. The van der Waals surface area contributed by atoms with Crippen LogP contribution in [0, 0.1) is 5.92 Å². The third-order valence-electron chi connectivity index (χ3n) is 4.19. The number of hydrogen-bond acceptors (Lipinski definition) is 3. The quantitative estimate of drug-likeness (QED) is 0.905. The van der Waals surface area contributed by atoms with Gasteiger partial charge in [-0.25, -0.2) is 0 Å². The van der Waals surface area contributed by atoms with Crippen LogP contribution in [-0.2, 0) is 18.3 Å². The SMILES string of the molecule is Cn1nc(CC(=O)CCC2CCNC2)c2ccccc21. The molecule has 1 aromatic heterocycles. The molecule has 3 rings (SSSR count). The Morgan fingerprint density at radius 3 is 3.10 bits per heavy atom. The molecule has 1 aliphatic heterocycles. The van der Waals surface area contributed by atoms with E-state index < -0.39 is 0 Å². The molecule has 1 N–H and O–H groups in total. The second-order valence-corrected chi connectivity index (χ2v) is 5.70. The molecule has 1 unspecified atom stereocenters. The lowest BCUT2D eigenvalue weighted by Gasteiger charge is -2.06. The number of carbonyl (C=O) groups excluding carboxylic acids is 1. The molecule has 0 amide bonds. The molecule has 106 valence electrons. The zero-order valence-corrected chi connectivity index (χ0v) is 11.9. The zero-order valence-electron chi connectivity index (χ0n) is 11.9. The smallest absolute Gasteiger partial charge is 0.138 e. The first-order valence-corrected chi connectivity index (χ1v) is 7.37. The summed E-state index contributed by atoms with van der Waals surface area (Å²) in [5, 5.41) is 8.94. The summed E-state index contributed by atoms with van der Waals surface area (Å²) in [6.45, 7) is 2.17. The minimum Gasteiger partial charge on any atom is -0.316 e. The summed E-state index contributed by atoms with van der Waals surface area (Å²) in [6, 6.07) is 8.09. The Morgan fingerprint density at radius 1 is 1.45 bits per heavy atom. The van der Waals surface area contributed by atoms with E-state index >= 15 is 0 Å². The Labute approximate surface area is 119 Å². The number of carbonyl (C=O) groups is 1. The Morgan fingerprint density at radius 2 is 2.30 bits per heavy atom. The van der Waals surface area contributed by atoms with Gasteiger partial charge in [-0.2, -0.15) is 5.10 Å². The van der Waals surface area contributed by atoms with Gasteiger partial charge in [0.2, 0.25) is 0 Å². The van der Waals surface area contributed by atoms with Gasteiger partial charge in [0.1, 0.15) is 5.78 Å². The maximum absolute atomic E-state index is 12.2. The van der Waals surface area contributed by atoms with E-state index in [9.17, 15) is 4.79 Å². The van der Waals surface area contributed by atoms with E-state index in [1.807, 2.05) is 36.0 Å². The third kappa shape index (κ3) is 2.75. The van der Waals surface area contributed by atoms with Crippen LogP contribution in [0.2, 0.25) is 0 Å². The molecule has 0 saturated carbocycles. The van der Waals surface area contributed by atoms with Crippen LogP contribution in [-0.4, -0.2) is 28.7 Å². The van der Waals surface area contributed by atoms with Crippen molar-refractivity contribution in [2.45, 2.75) is 25.7 Å². The fourth-order valence-electron chi connectivity index (χ4n) is 3.02. The van der Waals surface area contributed by atoms with Gasteiger partial charge in [-0.3, -0.25) is 9.48 Å². The molecule has 0 aliphatic carbocycles. The predicted molar refractivity (Wildman–Crippen MR) is 79.6 cm³/mol. The van der Waals surface area contributed by atoms with Crippen LogP contribution in [0.25, 0.3) is 10.9 Å². The topological polar surface area (TPSA) is 46.9 Å². The average molecular weight is 271 g/mol. The third-order valence-corrected chi connectivity index (χ3v) is 4.19. The van der Waals surface area contributed by atoms with Gasteiger partial charge in [-0.05, 0) is 37.9 Å². The molecular weight excluding hydrogens is 250 g/mol. The molecule has 1 atom stereocenters. The molecule has 1 fully saturated rings. The van der Waals surface area contributed by atoms with Crippen molar-refractivity contribution in [1.82, 2.24) is 15.1 Å². The Balaban J connectivity index is 1.65. The van der Waals surface area contributed by atoms with Crippen LogP contribution in [0.15, 0.2) is 24.3 Å². The molecule has 4 nitrogen and oxygen atoms in total. The highest BCUT2D eigenvalue weighted by atomic mass is 16.1. The van der Waals surface area contributed by atoms with Gasteiger partial charge < -0.3 is 5.32 Å². The van der Waals surface area contributed by atoms with E-state index in [2.05, 4.69) is 10.4 Å². The first-order chi connectivity index (χ1) is 9.74. The predicted octanol–water partition coefficient (Wildman–Crippen LogP) is 2.07. The van der Waals surface area contributed by atoms with Crippen LogP contribution in [0.3, 0.4) is 0 Å². The van der Waals surface area contributed by atoms with E-state index in [1.165, 1.54) is 6.42 Å². The Bertz CT molecular complexity index is 611. The maximum Gasteiger partial charge on any atom is 0.138 e. The Hall–Kier alpha value is -1.68. The van der Waals surface area contributed by atoms with Crippen molar-refractivity contribution in [1.29, 1.82) is 0 Å². The molecule has 1 aliphatic rings. The van der Waals surface area contributed by atoms with Crippen LogP contribution in [0.5, 0.6) is 0 Å². The van der Waals surface area contributed by atoms with Gasteiger partial charge in [-0.15, -0.1) is 0 Å². The first-order valence-electron chi connectivity index (χ1n) is 7.37. The molecular formula is C16H21N3O. The highest BCUT2D eigenvalue weighted by molar-refractivity contribution is 5.88. The van der Waals surface area contributed by atoms with Crippen molar-refractivity contribution < 1.29 is 4.79 Å². The average Bonchev–Trinajstić information content (AvgIpc) is 3.07. The fourth-order valence-corrected chi connectivity index (χ4v) is 3.02. The van der Waals surface area contributed by atoms with Gasteiger partial charge in [0.25, 0.3) is 0 Å². The Kier molecular flexibility index (Phi) is 3.83. The van der Waals surface area contributed by atoms with Crippen LogP contribution in [0.4, 0.5) is 0 Å². The van der Waals surface area contributed by atoms with Crippen molar-refractivity contribution >= 4 is 16.7 Å². The number of nitrogens with zero attached hydrogens (tertiary/aromatic N) is 2. The number of ketones is 1. The fraction of sp³-hybridized carbons (Fsp3) is 0.500. The summed E-state index contributed by atoms with van der Waals surface area (Å²) in [5.74, 6) is 0.986. The summed E-state index contributed by atoms with van der Waals surface area (Å²) >= 11 is 0. The summed E-state index contributed by atoms with van der Waals surface area (Å²) in [5.41, 5.74) is 2.01. The van der Waals surface area contributed by atoms with Gasteiger partial charge >= 0.3 is 0 Å². The van der Waals surface area contributed by atoms with Crippen molar-refractivity contribution in [2.24, 2.45) is 13.0 Å². The van der Waals surface area contributed by atoms with E-state index in [0.29, 0.717) is 24.5 Å². The van der Waals surface area contributed by atoms with Crippen LogP contribution < -0.4 is 5.32 Å². The van der Waals surface area contributed by atoms with Gasteiger partial charge in [0.05, 0.1) is 17.6 Å². The van der Waals surface area contributed by atoms with E-state index in [1.54, 1.807) is 0 Å². The molecule has 0 radical (unpaired) electrons.